The van der Waals surface area contributed by atoms with Crippen molar-refractivity contribution in [3.63, 3.8) is 0 Å². The highest BCUT2D eigenvalue weighted by molar-refractivity contribution is 4.95. The Morgan fingerprint density at radius 3 is 1.29 bits per heavy atom. The lowest BCUT2D eigenvalue weighted by atomic mass is 10.0. The van der Waals surface area contributed by atoms with Crippen LogP contribution < -0.4 is 0 Å². The summed E-state index contributed by atoms with van der Waals surface area (Å²) in [6.07, 6.45) is 25.3. The van der Waals surface area contributed by atoms with Gasteiger partial charge in [0.25, 0.3) is 0 Å². The number of nitrogens with zero attached hydrogens (tertiary/aromatic N) is 2. The molecule has 1 heterocycles. The summed E-state index contributed by atoms with van der Waals surface area (Å²) in [5.74, 6) is 0. The molecule has 0 atom stereocenters. The minimum atomic E-state index is 0.632. The summed E-state index contributed by atoms with van der Waals surface area (Å²) in [5, 5.41) is 0. The van der Waals surface area contributed by atoms with Gasteiger partial charge in [0.15, 0.2) is 0 Å². The van der Waals surface area contributed by atoms with Crippen LogP contribution in [0.5, 0.6) is 0 Å². The highest BCUT2D eigenvalue weighted by atomic mass is 15.4. The van der Waals surface area contributed by atoms with E-state index in [2.05, 4.69) is 43.0 Å². The molecule has 2 nitrogen and oxygen atoms in total. The second-order valence-electron chi connectivity index (χ2n) is 7.47. The molecule has 0 bridgehead atoms. The van der Waals surface area contributed by atoms with Crippen LogP contribution in [-0.4, -0.2) is 29.1 Å². The summed E-state index contributed by atoms with van der Waals surface area (Å²) in [6.45, 7) is 9.09. The summed E-state index contributed by atoms with van der Waals surface area (Å²) < 4.78 is 0. The number of hydrogen-bond acceptors (Lipinski definition) is 2. The monoisotopic (exact) mass is 336 g/mol. The van der Waals surface area contributed by atoms with Crippen molar-refractivity contribution < 1.29 is 0 Å². The van der Waals surface area contributed by atoms with Crippen molar-refractivity contribution in [1.29, 1.82) is 0 Å². The van der Waals surface area contributed by atoms with Crippen LogP contribution in [0, 0.1) is 0 Å². The van der Waals surface area contributed by atoms with Gasteiger partial charge in [0.2, 0.25) is 0 Å². The van der Waals surface area contributed by atoms with Crippen molar-refractivity contribution >= 4 is 0 Å². The largest absolute Gasteiger partial charge is 0.356 e. The number of rotatable bonds is 16. The van der Waals surface area contributed by atoms with Crippen molar-refractivity contribution in [1.82, 2.24) is 9.80 Å². The second kappa shape index (κ2) is 14.7. The average molecular weight is 337 g/mol. The molecule has 0 aliphatic carbocycles. The molecule has 0 saturated heterocycles. The molecule has 0 aromatic heterocycles. The van der Waals surface area contributed by atoms with Gasteiger partial charge in [-0.05, 0) is 26.7 Å². The topological polar surface area (TPSA) is 6.48 Å². The summed E-state index contributed by atoms with van der Waals surface area (Å²) in [6, 6.07) is 0. The van der Waals surface area contributed by atoms with E-state index in [1.807, 2.05) is 0 Å². The number of hydrogen-bond donors (Lipinski definition) is 0. The first-order valence-electron chi connectivity index (χ1n) is 11.0. The molecule has 1 aliphatic rings. The Balaban J connectivity index is 1.87. The van der Waals surface area contributed by atoms with E-state index in [0.29, 0.717) is 6.17 Å². The zero-order valence-corrected chi connectivity index (χ0v) is 16.9. The van der Waals surface area contributed by atoms with Gasteiger partial charge in [-0.15, -0.1) is 0 Å². The minimum Gasteiger partial charge on any atom is -0.356 e. The van der Waals surface area contributed by atoms with Crippen molar-refractivity contribution in [2.45, 2.75) is 117 Å². The van der Waals surface area contributed by atoms with Crippen LogP contribution in [0.25, 0.3) is 0 Å². The van der Waals surface area contributed by atoms with Crippen LogP contribution in [0.2, 0.25) is 0 Å². The molecule has 1 aliphatic heterocycles. The fourth-order valence-electron chi connectivity index (χ4n) is 3.87. The van der Waals surface area contributed by atoms with Gasteiger partial charge in [0.05, 0.1) is 0 Å². The van der Waals surface area contributed by atoms with Crippen LogP contribution in [0.3, 0.4) is 0 Å². The van der Waals surface area contributed by atoms with Gasteiger partial charge < -0.3 is 9.80 Å². The highest BCUT2D eigenvalue weighted by Gasteiger charge is 2.22. The van der Waals surface area contributed by atoms with Crippen molar-refractivity contribution in [3.8, 4) is 0 Å². The molecule has 0 radical (unpaired) electrons. The first kappa shape index (κ1) is 21.4. The van der Waals surface area contributed by atoms with Crippen molar-refractivity contribution in [3.05, 3.63) is 12.4 Å². The van der Waals surface area contributed by atoms with Crippen LogP contribution in [0.1, 0.15) is 111 Å². The SMILES string of the molecule is CCCCCCCCCCCCCCCC1N(CC)C=CN1CC. The average Bonchev–Trinajstić information content (AvgIpc) is 3.01. The Morgan fingerprint density at radius 2 is 0.917 bits per heavy atom. The normalized spacial score (nSPS) is 15.0. The predicted molar refractivity (Wildman–Crippen MR) is 108 cm³/mol. The molecule has 0 saturated carbocycles. The lowest BCUT2D eigenvalue weighted by Crippen LogP contribution is -2.38. The first-order chi connectivity index (χ1) is 11.8. The van der Waals surface area contributed by atoms with E-state index >= 15 is 0 Å². The molecule has 2 heteroatoms. The summed E-state index contributed by atoms with van der Waals surface area (Å²) in [5.41, 5.74) is 0. The molecule has 1 rings (SSSR count). The summed E-state index contributed by atoms with van der Waals surface area (Å²) in [4.78, 5) is 4.98. The van der Waals surface area contributed by atoms with Crippen LogP contribution >= 0.6 is 0 Å². The minimum absolute atomic E-state index is 0.632. The first-order valence-corrected chi connectivity index (χ1v) is 11.0. The molecule has 0 aromatic carbocycles. The lowest BCUT2D eigenvalue weighted by Gasteiger charge is -2.31. The Morgan fingerprint density at radius 1 is 0.542 bits per heavy atom. The molecule has 0 aromatic rings. The zero-order chi connectivity index (χ0) is 17.5. The third-order valence-electron chi connectivity index (χ3n) is 5.51. The maximum Gasteiger partial charge on any atom is 0.101 e. The smallest absolute Gasteiger partial charge is 0.101 e. The Labute approximate surface area is 152 Å². The fraction of sp³-hybridized carbons (Fsp3) is 0.909. The van der Waals surface area contributed by atoms with Crippen LogP contribution in [-0.2, 0) is 0 Å². The molecular weight excluding hydrogens is 292 g/mol. The van der Waals surface area contributed by atoms with Gasteiger partial charge in [-0.1, -0.05) is 84.0 Å². The van der Waals surface area contributed by atoms with E-state index in [1.165, 1.54) is 89.9 Å². The van der Waals surface area contributed by atoms with Gasteiger partial charge in [0.1, 0.15) is 6.17 Å². The maximum absolute atomic E-state index is 2.49. The Kier molecular flexibility index (Phi) is 13.1. The Hall–Kier alpha value is -0.660. The van der Waals surface area contributed by atoms with E-state index in [0.717, 1.165) is 13.1 Å². The number of unbranched alkanes of at least 4 members (excludes halogenated alkanes) is 12. The highest BCUT2D eigenvalue weighted by Crippen LogP contribution is 2.21. The van der Waals surface area contributed by atoms with Gasteiger partial charge >= 0.3 is 0 Å². The molecule has 0 spiro atoms. The Bertz CT molecular complexity index is 286. The lowest BCUT2D eigenvalue weighted by molar-refractivity contribution is 0.149. The third-order valence-corrected chi connectivity index (χ3v) is 5.51. The molecule has 0 unspecified atom stereocenters. The summed E-state index contributed by atoms with van der Waals surface area (Å²) >= 11 is 0. The molecule has 0 fully saturated rings. The van der Waals surface area contributed by atoms with Gasteiger partial charge in [-0.25, -0.2) is 0 Å². The second-order valence-corrected chi connectivity index (χ2v) is 7.47. The quantitative estimate of drug-likeness (QED) is 0.282. The van der Waals surface area contributed by atoms with E-state index in [4.69, 9.17) is 0 Å². The summed E-state index contributed by atoms with van der Waals surface area (Å²) in [7, 11) is 0. The van der Waals surface area contributed by atoms with E-state index in [1.54, 1.807) is 0 Å². The molecule has 142 valence electrons. The van der Waals surface area contributed by atoms with Crippen LogP contribution in [0.15, 0.2) is 12.4 Å². The van der Waals surface area contributed by atoms with Gasteiger partial charge in [-0.3, -0.25) is 0 Å². The molecule has 0 amide bonds. The predicted octanol–water partition coefficient (Wildman–Crippen LogP) is 6.92. The van der Waals surface area contributed by atoms with Gasteiger partial charge in [0, 0.05) is 25.5 Å². The molecule has 24 heavy (non-hydrogen) atoms. The van der Waals surface area contributed by atoms with Crippen molar-refractivity contribution in [2.24, 2.45) is 0 Å². The standard InChI is InChI=1S/C22H44N2/c1-4-7-8-9-10-11-12-13-14-15-16-17-18-19-22-23(5-2)20-21-24(22)6-3/h20-22H,4-19H2,1-3H3. The van der Waals surface area contributed by atoms with E-state index < -0.39 is 0 Å². The van der Waals surface area contributed by atoms with E-state index in [-0.39, 0.29) is 0 Å². The molecular formula is C22H44N2. The zero-order valence-electron chi connectivity index (χ0n) is 16.9. The fourth-order valence-corrected chi connectivity index (χ4v) is 3.87. The third kappa shape index (κ3) is 8.99. The molecule has 0 N–H and O–H groups in total. The van der Waals surface area contributed by atoms with Crippen LogP contribution in [0.4, 0.5) is 0 Å². The maximum atomic E-state index is 2.49. The van der Waals surface area contributed by atoms with E-state index in [9.17, 15) is 0 Å². The van der Waals surface area contributed by atoms with Gasteiger partial charge in [-0.2, -0.15) is 0 Å². The van der Waals surface area contributed by atoms with Crippen molar-refractivity contribution in [2.75, 3.05) is 13.1 Å².